The molecule has 0 aliphatic heterocycles. The van der Waals surface area contributed by atoms with Crippen molar-refractivity contribution in [3.8, 4) is 0 Å². The Balaban J connectivity index is 2.62. The van der Waals surface area contributed by atoms with Gasteiger partial charge in [0.05, 0.1) is 6.61 Å². The second-order valence-electron chi connectivity index (χ2n) is 5.58. The average molecular weight is 298 g/mol. The van der Waals surface area contributed by atoms with Crippen molar-refractivity contribution in [2.45, 2.75) is 39.0 Å². The molecule has 1 aromatic carbocycles. The molecule has 114 valence electrons. The van der Waals surface area contributed by atoms with Gasteiger partial charge < -0.3 is 10.1 Å². The molecule has 20 heavy (non-hydrogen) atoms. The Morgan fingerprint density at radius 1 is 1.35 bits per heavy atom. The predicted molar refractivity (Wildman–Crippen MR) is 87.6 cm³/mol. The molecule has 0 bridgehead atoms. The summed E-state index contributed by atoms with van der Waals surface area (Å²) in [6.07, 6.45) is 3.74. The van der Waals surface area contributed by atoms with Crippen molar-refractivity contribution in [3.05, 3.63) is 34.9 Å². The highest BCUT2D eigenvalue weighted by molar-refractivity contribution is 6.30. The van der Waals surface area contributed by atoms with E-state index in [1.54, 1.807) is 7.11 Å². The minimum Gasteiger partial charge on any atom is -0.383 e. The van der Waals surface area contributed by atoms with E-state index in [0.717, 1.165) is 30.6 Å². The van der Waals surface area contributed by atoms with Gasteiger partial charge in [0.2, 0.25) is 0 Å². The maximum atomic E-state index is 6.13. The molecular formula is C17H28ClNO. The molecule has 0 aromatic heterocycles. The van der Waals surface area contributed by atoms with Gasteiger partial charge in [-0.3, -0.25) is 0 Å². The highest BCUT2D eigenvalue weighted by Gasteiger charge is 2.15. The lowest BCUT2D eigenvalue weighted by Crippen LogP contribution is -2.26. The van der Waals surface area contributed by atoms with E-state index in [0.29, 0.717) is 5.92 Å². The van der Waals surface area contributed by atoms with E-state index in [1.165, 1.54) is 24.8 Å². The standard InChI is InChI=1S/C17H28ClNO/c1-4-6-14(2)11-16(13-19-9-10-20-3)15-7-5-8-17(18)12-15/h5,7-8,12,14,16,19H,4,6,9-11,13H2,1-3H3. The molecule has 3 heteroatoms. The van der Waals surface area contributed by atoms with Crippen LogP contribution in [0.15, 0.2) is 24.3 Å². The SMILES string of the molecule is CCCC(C)CC(CNCCOC)c1cccc(Cl)c1. The summed E-state index contributed by atoms with van der Waals surface area (Å²) in [4.78, 5) is 0. The van der Waals surface area contributed by atoms with Gasteiger partial charge in [-0.1, -0.05) is 50.4 Å². The Morgan fingerprint density at radius 3 is 2.80 bits per heavy atom. The molecule has 0 amide bonds. The van der Waals surface area contributed by atoms with Gasteiger partial charge in [-0.2, -0.15) is 0 Å². The van der Waals surface area contributed by atoms with Crippen LogP contribution < -0.4 is 5.32 Å². The number of rotatable bonds is 10. The number of halogens is 1. The van der Waals surface area contributed by atoms with Crippen molar-refractivity contribution in [2.75, 3.05) is 26.8 Å². The Kier molecular flexibility index (Phi) is 8.92. The second-order valence-corrected chi connectivity index (χ2v) is 6.01. The van der Waals surface area contributed by atoms with Crippen molar-refractivity contribution < 1.29 is 4.74 Å². The first-order chi connectivity index (χ1) is 9.67. The zero-order valence-corrected chi connectivity index (χ0v) is 13.7. The first-order valence-electron chi connectivity index (χ1n) is 7.62. The van der Waals surface area contributed by atoms with Crippen molar-refractivity contribution in [2.24, 2.45) is 5.92 Å². The van der Waals surface area contributed by atoms with Gasteiger partial charge >= 0.3 is 0 Å². The molecule has 0 heterocycles. The van der Waals surface area contributed by atoms with Crippen LogP contribution in [-0.2, 0) is 4.74 Å². The van der Waals surface area contributed by atoms with Crippen LogP contribution >= 0.6 is 11.6 Å². The molecule has 0 saturated carbocycles. The molecule has 1 rings (SSSR count). The number of hydrogen-bond acceptors (Lipinski definition) is 2. The maximum absolute atomic E-state index is 6.13. The normalized spacial score (nSPS) is 14.2. The van der Waals surface area contributed by atoms with Crippen molar-refractivity contribution >= 4 is 11.6 Å². The second kappa shape index (κ2) is 10.2. The van der Waals surface area contributed by atoms with Crippen molar-refractivity contribution in [3.63, 3.8) is 0 Å². The van der Waals surface area contributed by atoms with E-state index in [-0.39, 0.29) is 0 Å². The van der Waals surface area contributed by atoms with E-state index in [9.17, 15) is 0 Å². The summed E-state index contributed by atoms with van der Waals surface area (Å²) >= 11 is 6.13. The molecule has 2 nitrogen and oxygen atoms in total. The fourth-order valence-electron chi connectivity index (χ4n) is 2.64. The lowest BCUT2D eigenvalue weighted by Gasteiger charge is -2.22. The summed E-state index contributed by atoms with van der Waals surface area (Å²) in [5.74, 6) is 1.26. The Bertz CT molecular complexity index is 370. The Labute approximate surface area is 128 Å². The Morgan fingerprint density at radius 2 is 2.15 bits per heavy atom. The summed E-state index contributed by atoms with van der Waals surface area (Å²) < 4.78 is 5.08. The van der Waals surface area contributed by atoms with Crippen LogP contribution in [-0.4, -0.2) is 26.8 Å². The topological polar surface area (TPSA) is 21.3 Å². The summed E-state index contributed by atoms with van der Waals surface area (Å²) in [6, 6.07) is 8.27. The first kappa shape index (κ1) is 17.5. The van der Waals surface area contributed by atoms with E-state index in [4.69, 9.17) is 16.3 Å². The van der Waals surface area contributed by atoms with Crippen LogP contribution in [0.4, 0.5) is 0 Å². The van der Waals surface area contributed by atoms with Crippen molar-refractivity contribution in [1.29, 1.82) is 0 Å². The van der Waals surface area contributed by atoms with Crippen LogP contribution in [0.25, 0.3) is 0 Å². The summed E-state index contributed by atoms with van der Waals surface area (Å²) in [5.41, 5.74) is 1.34. The molecule has 0 aliphatic carbocycles. The summed E-state index contributed by atoms with van der Waals surface area (Å²) in [6.45, 7) is 7.23. The minimum atomic E-state index is 0.520. The van der Waals surface area contributed by atoms with Gasteiger partial charge in [0.1, 0.15) is 0 Å². The predicted octanol–water partition coefficient (Wildman–Crippen LogP) is 4.49. The largest absolute Gasteiger partial charge is 0.383 e. The maximum Gasteiger partial charge on any atom is 0.0587 e. The zero-order chi connectivity index (χ0) is 14.8. The summed E-state index contributed by atoms with van der Waals surface area (Å²) in [5, 5.41) is 4.31. The molecule has 2 atom stereocenters. The molecule has 0 saturated heterocycles. The van der Waals surface area contributed by atoms with Gasteiger partial charge in [0, 0.05) is 25.2 Å². The smallest absolute Gasteiger partial charge is 0.0587 e. The van der Waals surface area contributed by atoms with Crippen LogP contribution in [0, 0.1) is 5.92 Å². The molecule has 1 N–H and O–H groups in total. The van der Waals surface area contributed by atoms with Gasteiger partial charge in [0.15, 0.2) is 0 Å². The zero-order valence-electron chi connectivity index (χ0n) is 13.0. The van der Waals surface area contributed by atoms with E-state index >= 15 is 0 Å². The molecule has 0 aliphatic rings. The Hall–Kier alpha value is -0.570. The fourth-order valence-corrected chi connectivity index (χ4v) is 2.84. The van der Waals surface area contributed by atoms with Crippen molar-refractivity contribution in [1.82, 2.24) is 5.32 Å². The number of ether oxygens (including phenoxy) is 1. The highest BCUT2D eigenvalue weighted by Crippen LogP contribution is 2.27. The van der Waals surface area contributed by atoms with Gasteiger partial charge in [0.25, 0.3) is 0 Å². The average Bonchev–Trinajstić information content (AvgIpc) is 2.42. The van der Waals surface area contributed by atoms with Crippen LogP contribution in [0.3, 0.4) is 0 Å². The third-order valence-corrected chi connectivity index (χ3v) is 3.90. The number of benzene rings is 1. The number of hydrogen-bond donors (Lipinski definition) is 1. The molecule has 1 aromatic rings. The molecular weight excluding hydrogens is 270 g/mol. The van der Waals surface area contributed by atoms with E-state index < -0.39 is 0 Å². The lowest BCUT2D eigenvalue weighted by atomic mass is 9.87. The highest BCUT2D eigenvalue weighted by atomic mass is 35.5. The lowest BCUT2D eigenvalue weighted by molar-refractivity contribution is 0.198. The fraction of sp³-hybridized carbons (Fsp3) is 0.647. The first-order valence-corrected chi connectivity index (χ1v) is 8.00. The van der Waals surface area contributed by atoms with Gasteiger partial charge in [-0.05, 0) is 36.0 Å². The minimum absolute atomic E-state index is 0.520. The van der Waals surface area contributed by atoms with Crippen LogP contribution in [0.2, 0.25) is 5.02 Å². The van der Waals surface area contributed by atoms with Gasteiger partial charge in [-0.15, -0.1) is 0 Å². The number of nitrogens with one attached hydrogen (secondary N) is 1. The van der Waals surface area contributed by atoms with E-state index in [2.05, 4.69) is 31.3 Å². The molecule has 0 radical (unpaired) electrons. The third kappa shape index (κ3) is 6.74. The third-order valence-electron chi connectivity index (χ3n) is 3.66. The quantitative estimate of drug-likeness (QED) is 0.643. The molecule has 2 unspecified atom stereocenters. The van der Waals surface area contributed by atoms with Crippen LogP contribution in [0.5, 0.6) is 0 Å². The van der Waals surface area contributed by atoms with E-state index in [1.807, 2.05) is 12.1 Å². The summed E-state index contributed by atoms with van der Waals surface area (Å²) in [7, 11) is 1.74. The number of methoxy groups -OCH3 is 1. The molecule has 0 spiro atoms. The monoisotopic (exact) mass is 297 g/mol. The molecule has 0 fully saturated rings. The van der Waals surface area contributed by atoms with Gasteiger partial charge in [-0.25, -0.2) is 0 Å². The van der Waals surface area contributed by atoms with Crippen LogP contribution in [0.1, 0.15) is 44.6 Å².